The van der Waals surface area contributed by atoms with Crippen LogP contribution in [0.25, 0.3) is 10.1 Å². The number of hydrogen-bond acceptors (Lipinski definition) is 2. The van der Waals surface area contributed by atoms with Gasteiger partial charge >= 0.3 is 0 Å². The molecule has 0 atom stereocenters. The SMILES string of the molecule is CC(C)(C)c1ccc(N(c2cc([Si](c3ccccc3)(c3ccccc3)C(C)(C)C)cc(Cl)c2Cl)c2csc3ccc(C(C)(C)C)cc23)cc1. The standard InChI is InChI=1S/C44H47Cl2NSSi/c1-42(2,3)30-20-23-32(24-21-30)47(39-29-48-40-25-22-31(26-36(39)40)43(4,5)6)38-28-35(27-37(45)41(38)46)49(44(7,8)9,33-16-12-10-13-17-33)34-18-14-11-15-19-34/h10-29H,1-9H3. The maximum Gasteiger partial charge on any atom is 0.153 e. The van der Waals surface area contributed by atoms with Crippen LogP contribution in [0.15, 0.2) is 121 Å². The van der Waals surface area contributed by atoms with Crippen molar-refractivity contribution in [2.45, 2.75) is 78.2 Å². The molecule has 0 radical (unpaired) electrons. The van der Waals surface area contributed by atoms with Gasteiger partial charge in [0.1, 0.15) is 0 Å². The molecular weight excluding hydrogens is 674 g/mol. The van der Waals surface area contributed by atoms with Crippen molar-refractivity contribution < 1.29 is 0 Å². The number of hydrogen-bond donors (Lipinski definition) is 0. The maximum atomic E-state index is 7.39. The van der Waals surface area contributed by atoms with E-state index in [4.69, 9.17) is 23.2 Å². The molecule has 1 nitrogen and oxygen atoms in total. The molecule has 0 bridgehead atoms. The molecule has 49 heavy (non-hydrogen) atoms. The highest BCUT2D eigenvalue weighted by Crippen LogP contribution is 2.47. The van der Waals surface area contributed by atoms with Crippen molar-refractivity contribution >= 4 is 85.3 Å². The summed E-state index contributed by atoms with van der Waals surface area (Å²) < 4.78 is 1.24. The average Bonchev–Trinajstić information content (AvgIpc) is 3.46. The molecule has 0 saturated heterocycles. The predicted molar refractivity (Wildman–Crippen MR) is 221 cm³/mol. The van der Waals surface area contributed by atoms with Gasteiger partial charge in [-0.2, -0.15) is 0 Å². The first-order valence-electron chi connectivity index (χ1n) is 17.1. The van der Waals surface area contributed by atoms with Gasteiger partial charge in [-0.25, -0.2) is 0 Å². The Kier molecular flexibility index (Phi) is 9.47. The lowest BCUT2D eigenvalue weighted by atomic mass is 9.86. The Morgan fingerprint density at radius 2 is 1.08 bits per heavy atom. The molecule has 0 saturated carbocycles. The molecule has 6 aromatic rings. The summed E-state index contributed by atoms with van der Waals surface area (Å²) in [6.07, 6.45) is 0. The van der Waals surface area contributed by atoms with Crippen LogP contribution < -0.4 is 20.5 Å². The average molecular weight is 721 g/mol. The number of nitrogens with zero attached hydrogens (tertiary/aromatic N) is 1. The summed E-state index contributed by atoms with van der Waals surface area (Å²) in [5, 5.41) is 8.40. The number of anilines is 3. The van der Waals surface area contributed by atoms with Gasteiger partial charge in [-0.15, -0.1) is 11.3 Å². The summed E-state index contributed by atoms with van der Waals surface area (Å²) in [7, 11) is -2.73. The highest BCUT2D eigenvalue weighted by atomic mass is 35.5. The van der Waals surface area contributed by atoms with Gasteiger partial charge in [0.25, 0.3) is 0 Å². The molecule has 6 rings (SSSR count). The largest absolute Gasteiger partial charge is 0.307 e. The van der Waals surface area contributed by atoms with Gasteiger partial charge in [-0.1, -0.05) is 164 Å². The normalized spacial score (nSPS) is 12.8. The number of fused-ring (bicyclic) bond motifs is 1. The number of thiophene rings is 1. The van der Waals surface area contributed by atoms with E-state index in [1.165, 1.54) is 36.8 Å². The van der Waals surface area contributed by atoms with Gasteiger partial charge in [0, 0.05) is 21.2 Å². The van der Waals surface area contributed by atoms with E-state index in [-0.39, 0.29) is 15.9 Å². The van der Waals surface area contributed by atoms with Crippen molar-refractivity contribution in [2.24, 2.45) is 0 Å². The van der Waals surface area contributed by atoms with E-state index in [2.05, 4.69) is 188 Å². The van der Waals surface area contributed by atoms with Crippen LogP contribution in [-0.4, -0.2) is 8.07 Å². The lowest BCUT2D eigenvalue weighted by Crippen LogP contribution is -2.72. The summed E-state index contributed by atoms with van der Waals surface area (Å²) in [5.74, 6) is 0. The topological polar surface area (TPSA) is 3.24 Å². The molecule has 0 aliphatic rings. The van der Waals surface area contributed by atoms with Crippen molar-refractivity contribution in [1.82, 2.24) is 0 Å². The maximum absolute atomic E-state index is 7.39. The van der Waals surface area contributed by atoms with Crippen molar-refractivity contribution in [3.63, 3.8) is 0 Å². The zero-order chi connectivity index (χ0) is 35.4. The third-order valence-electron chi connectivity index (χ3n) is 9.87. The van der Waals surface area contributed by atoms with E-state index >= 15 is 0 Å². The van der Waals surface area contributed by atoms with Gasteiger partial charge < -0.3 is 4.90 Å². The van der Waals surface area contributed by atoms with Crippen molar-refractivity contribution in [3.8, 4) is 0 Å². The summed E-state index contributed by atoms with van der Waals surface area (Å²) >= 11 is 16.5. The van der Waals surface area contributed by atoms with E-state index in [1.54, 1.807) is 11.3 Å². The van der Waals surface area contributed by atoms with Crippen LogP contribution in [0.5, 0.6) is 0 Å². The Balaban J connectivity index is 1.70. The van der Waals surface area contributed by atoms with Gasteiger partial charge in [-0.3, -0.25) is 0 Å². The summed E-state index contributed by atoms with van der Waals surface area (Å²) in [6.45, 7) is 20.7. The van der Waals surface area contributed by atoms with E-state index in [0.29, 0.717) is 10.0 Å². The first-order valence-corrected chi connectivity index (χ1v) is 20.7. The lowest BCUT2D eigenvalue weighted by molar-refractivity contribution is 0.590. The first kappa shape index (κ1) is 35.5. The Labute approximate surface area is 308 Å². The van der Waals surface area contributed by atoms with Crippen molar-refractivity contribution in [1.29, 1.82) is 0 Å². The third kappa shape index (κ3) is 6.52. The zero-order valence-corrected chi connectivity index (χ0v) is 33.5. The Bertz CT molecular complexity index is 2040. The molecule has 1 heterocycles. The van der Waals surface area contributed by atoms with Gasteiger partial charge in [-0.05, 0) is 79.0 Å². The molecular formula is C44H47Cl2NSSi. The second kappa shape index (κ2) is 13.1. The van der Waals surface area contributed by atoms with E-state index in [1.807, 2.05) is 0 Å². The van der Waals surface area contributed by atoms with Gasteiger partial charge in [0.05, 0.1) is 21.4 Å². The molecule has 5 aromatic carbocycles. The minimum atomic E-state index is -2.73. The van der Waals surface area contributed by atoms with Gasteiger partial charge in [0.2, 0.25) is 0 Å². The van der Waals surface area contributed by atoms with Crippen molar-refractivity contribution in [3.05, 3.63) is 142 Å². The number of halogens is 2. The fourth-order valence-corrected chi connectivity index (χ4v) is 14.4. The quantitative estimate of drug-likeness (QED) is 0.122. The fourth-order valence-electron chi connectivity index (χ4n) is 7.30. The number of benzene rings is 5. The molecule has 0 spiro atoms. The highest BCUT2D eigenvalue weighted by molar-refractivity contribution is 7.18. The molecule has 0 N–H and O–H groups in total. The molecule has 0 aliphatic heterocycles. The van der Waals surface area contributed by atoms with E-state index in [0.717, 1.165) is 17.1 Å². The van der Waals surface area contributed by atoms with Crippen molar-refractivity contribution in [2.75, 3.05) is 4.90 Å². The Morgan fingerprint density at radius 1 is 0.551 bits per heavy atom. The monoisotopic (exact) mass is 719 g/mol. The summed E-state index contributed by atoms with van der Waals surface area (Å²) in [6, 6.07) is 42.4. The Morgan fingerprint density at radius 3 is 1.59 bits per heavy atom. The molecule has 252 valence electrons. The summed E-state index contributed by atoms with van der Waals surface area (Å²) in [4.78, 5) is 2.34. The predicted octanol–water partition coefficient (Wildman–Crippen LogP) is 12.5. The lowest BCUT2D eigenvalue weighted by Gasteiger charge is -2.45. The Hall–Kier alpha value is -3.34. The fraction of sp³-hybridized carbons (Fsp3) is 0.273. The van der Waals surface area contributed by atoms with Crippen LogP contribution in [0.4, 0.5) is 17.1 Å². The number of rotatable bonds is 6. The van der Waals surface area contributed by atoms with Crippen LogP contribution in [0.2, 0.25) is 15.1 Å². The van der Waals surface area contributed by atoms with Crippen LogP contribution in [0.3, 0.4) is 0 Å². The van der Waals surface area contributed by atoms with E-state index < -0.39 is 8.07 Å². The van der Waals surface area contributed by atoms with Crippen LogP contribution in [0.1, 0.15) is 73.4 Å². The second-order valence-electron chi connectivity index (χ2n) is 16.2. The minimum absolute atomic E-state index is 0.0106. The first-order chi connectivity index (χ1) is 23.0. The second-order valence-corrected chi connectivity index (χ2v) is 22.7. The summed E-state index contributed by atoms with van der Waals surface area (Å²) in [5.41, 5.74) is 5.67. The van der Waals surface area contributed by atoms with Crippen LogP contribution in [-0.2, 0) is 10.8 Å². The zero-order valence-electron chi connectivity index (χ0n) is 30.2. The van der Waals surface area contributed by atoms with Crippen LogP contribution >= 0.6 is 34.5 Å². The molecule has 1 aromatic heterocycles. The van der Waals surface area contributed by atoms with Crippen LogP contribution in [0, 0.1) is 0 Å². The molecule has 0 aliphatic carbocycles. The molecule has 0 amide bonds. The van der Waals surface area contributed by atoms with Gasteiger partial charge in [0.15, 0.2) is 8.07 Å². The smallest absolute Gasteiger partial charge is 0.153 e. The third-order valence-corrected chi connectivity index (χ3v) is 17.4. The highest BCUT2D eigenvalue weighted by Gasteiger charge is 2.49. The molecule has 0 fully saturated rings. The molecule has 5 heteroatoms. The molecule has 0 unspecified atom stereocenters. The minimum Gasteiger partial charge on any atom is -0.307 e. The van der Waals surface area contributed by atoms with E-state index in [9.17, 15) is 0 Å².